The van der Waals surface area contributed by atoms with E-state index < -0.39 is 0 Å². The zero-order valence-electron chi connectivity index (χ0n) is 13.5. The van der Waals surface area contributed by atoms with Gasteiger partial charge in [0.05, 0.1) is 19.9 Å². The van der Waals surface area contributed by atoms with E-state index in [4.69, 9.17) is 4.84 Å². The number of rotatable bonds is 5. The van der Waals surface area contributed by atoms with Gasteiger partial charge in [-0.2, -0.15) is 5.06 Å². The largest absolute Gasteiger partial charge is 0.348 e. The number of hydrogen-bond donors (Lipinski definition) is 1. The van der Waals surface area contributed by atoms with Crippen LogP contribution in [0.2, 0.25) is 0 Å². The van der Waals surface area contributed by atoms with Crippen molar-refractivity contribution in [1.29, 1.82) is 0 Å². The van der Waals surface area contributed by atoms with Crippen LogP contribution in [0, 0.1) is 5.82 Å². The van der Waals surface area contributed by atoms with Crippen molar-refractivity contribution >= 4 is 5.91 Å². The van der Waals surface area contributed by atoms with Crippen molar-refractivity contribution in [2.75, 3.05) is 20.2 Å². The zero-order valence-corrected chi connectivity index (χ0v) is 13.5. The summed E-state index contributed by atoms with van der Waals surface area (Å²) in [5, 5.41) is 12.7. The maximum absolute atomic E-state index is 13.2. The zero-order chi connectivity index (χ0) is 16.9. The number of hydrogen-bond acceptors (Lipinski definition) is 5. The van der Waals surface area contributed by atoms with E-state index in [9.17, 15) is 9.18 Å². The molecule has 0 spiro atoms. The van der Waals surface area contributed by atoms with Gasteiger partial charge in [-0.3, -0.25) is 4.79 Å². The van der Waals surface area contributed by atoms with Crippen molar-refractivity contribution in [3.63, 3.8) is 0 Å². The fourth-order valence-electron chi connectivity index (χ4n) is 2.74. The van der Waals surface area contributed by atoms with Gasteiger partial charge in [0.2, 0.25) is 0 Å². The van der Waals surface area contributed by atoms with Gasteiger partial charge >= 0.3 is 0 Å². The molecule has 0 unspecified atom stereocenters. The number of amides is 1. The molecule has 1 amide bonds. The predicted molar refractivity (Wildman–Crippen MR) is 84.6 cm³/mol. The normalized spacial score (nSPS) is 16.2. The van der Waals surface area contributed by atoms with Crippen LogP contribution in [0.15, 0.2) is 30.5 Å². The molecule has 1 aromatic carbocycles. The Kier molecular flexibility index (Phi) is 5.17. The molecule has 3 rings (SSSR count). The van der Waals surface area contributed by atoms with E-state index in [0.29, 0.717) is 6.54 Å². The summed E-state index contributed by atoms with van der Waals surface area (Å²) < 4.78 is 14.7. The molecule has 128 valence electrons. The van der Waals surface area contributed by atoms with Gasteiger partial charge in [-0.15, -0.1) is 5.10 Å². The van der Waals surface area contributed by atoms with Crippen LogP contribution in [0.1, 0.15) is 28.9 Å². The summed E-state index contributed by atoms with van der Waals surface area (Å²) in [6.45, 7) is 1.94. The highest BCUT2D eigenvalue weighted by Crippen LogP contribution is 2.11. The summed E-state index contributed by atoms with van der Waals surface area (Å²) in [6.07, 6.45) is 3.23. The number of halogens is 1. The molecule has 1 aliphatic rings. The lowest BCUT2D eigenvalue weighted by Gasteiger charge is -2.30. The van der Waals surface area contributed by atoms with Crippen LogP contribution in [0.3, 0.4) is 0 Å². The Morgan fingerprint density at radius 2 is 2.21 bits per heavy atom. The number of carbonyl (C=O) groups excluding carboxylic acids is 1. The molecule has 1 fully saturated rings. The van der Waals surface area contributed by atoms with Gasteiger partial charge in [-0.25, -0.2) is 9.07 Å². The second-order valence-corrected chi connectivity index (χ2v) is 5.79. The lowest BCUT2D eigenvalue weighted by Crippen LogP contribution is -2.44. The predicted octanol–water partition coefficient (Wildman–Crippen LogP) is 1.22. The number of piperidine rings is 1. The van der Waals surface area contributed by atoms with E-state index >= 15 is 0 Å². The van der Waals surface area contributed by atoms with E-state index in [0.717, 1.165) is 31.5 Å². The van der Waals surface area contributed by atoms with Crippen molar-refractivity contribution < 1.29 is 14.0 Å². The summed E-state index contributed by atoms with van der Waals surface area (Å²) in [5.41, 5.74) is 1.03. The third-order valence-corrected chi connectivity index (χ3v) is 4.05. The van der Waals surface area contributed by atoms with Crippen molar-refractivity contribution in [3.05, 3.63) is 47.5 Å². The van der Waals surface area contributed by atoms with Crippen LogP contribution in [0.5, 0.6) is 0 Å². The van der Waals surface area contributed by atoms with Crippen LogP contribution in [0.4, 0.5) is 4.39 Å². The Morgan fingerprint density at radius 1 is 1.42 bits per heavy atom. The first-order chi connectivity index (χ1) is 11.6. The van der Waals surface area contributed by atoms with Gasteiger partial charge in [0.1, 0.15) is 5.82 Å². The van der Waals surface area contributed by atoms with Gasteiger partial charge in [-0.05, 0) is 30.5 Å². The van der Waals surface area contributed by atoms with Crippen molar-refractivity contribution in [2.24, 2.45) is 0 Å². The van der Waals surface area contributed by atoms with E-state index in [1.54, 1.807) is 25.4 Å². The topological polar surface area (TPSA) is 72.3 Å². The molecule has 8 heteroatoms. The molecule has 1 saturated heterocycles. The first kappa shape index (κ1) is 16.5. The monoisotopic (exact) mass is 333 g/mol. The number of nitrogens with one attached hydrogen (secondary N) is 1. The van der Waals surface area contributed by atoms with Crippen molar-refractivity contribution in [3.8, 4) is 0 Å². The number of benzene rings is 1. The summed E-state index contributed by atoms with van der Waals surface area (Å²) >= 11 is 0. The van der Waals surface area contributed by atoms with E-state index in [-0.39, 0.29) is 23.5 Å². The molecule has 1 N–H and O–H groups in total. The molecule has 0 bridgehead atoms. The molecule has 2 aromatic rings. The van der Waals surface area contributed by atoms with Crippen molar-refractivity contribution in [1.82, 2.24) is 25.4 Å². The molecule has 2 heterocycles. The fourth-order valence-corrected chi connectivity index (χ4v) is 2.74. The average Bonchev–Trinajstić information content (AvgIpc) is 3.04. The Morgan fingerprint density at radius 3 is 2.92 bits per heavy atom. The molecule has 0 radical (unpaired) electrons. The van der Waals surface area contributed by atoms with Crippen molar-refractivity contribution in [2.45, 2.75) is 25.4 Å². The molecule has 1 aromatic heterocycles. The number of aromatic nitrogens is 3. The standard InChI is InChI=1S/C16H20FN5O2/c1-24-22-7-5-14(6-8-22)18-16(23)15-11-21(20-19-15)10-12-3-2-4-13(17)9-12/h2-4,9,11,14H,5-8,10H2,1H3,(H,18,23). The minimum atomic E-state index is -0.298. The molecule has 7 nitrogen and oxygen atoms in total. The first-order valence-electron chi connectivity index (χ1n) is 7.88. The molecule has 1 aliphatic heterocycles. The number of nitrogens with zero attached hydrogens (tertiary/aromatic N) is 4. The van der Waals surface area contributed by atoms with Gasteiger partial charge in [0, 0.05) is 19.1 Å². The summed E-state index contributed by atoms with van der Waals surface area (Å²) in [5.74, 6) is -0.538. The molecule has 24 heavy (non-hydrogen) atoms. The van der Waals surface area contributed by atoms with Crippen LogP contribution in [0.25, 0.3) is 0 Å². The lowest BCUT2D eigenvalue weighted by atomic mass is 10.1. The van der Waals surface area contributed by atoms with E-state index in [1.165, 1.54) is 16.8 Å². The molecular weight excluding hydrogens is 313 g/mol. The van der Waals surface area contributed by atoms with Crippen LogP contribution < -0.4 is 5.32 Å². The maximum atomic E-state index is 13.2. The van der Waals surface area contributed by atoms with Crippen LogP contribution in [-0.2, 0) is 11.4 Å². The fraction of sp³-hybridized carbons (Fsp3) is 0.438. The Balaban J connectivity index is 1.56. The van der Waals surface area contributed by atoms with Crippen LogP contribution >= 0.6 is 0 Å². The molecule has 0 aliphatic carbocycles. The van der Waals surface area contributed by atoms with Gasteiger partial charge < -0.3 is 10.2 Å². The van der Waals surface area contributed by atoms with E-state index in [2.05, 4.69) is 15.6 Å². The molecule has 0 atom stereocenters. The van der Waals surface area contributed by atoms with E-state index in [1.807, 2.05) is 5.06 Å². The maximum Gasteiger partial charge on any atom is 0.273 e. The van der Waals surface area contributed by atoms with Gasteiger partial charge in [0.15, 0.2) is 5.69 Å². The Hall–Kier alpha value is -2.32. The smallest absolute Gasteiger partial charge is 0.273 e. The number of carbonyl (C=O) groups is 1. The second kappa shape index (κ2) is 7.50. The lowest BCUT2D eigenvalue weighted by molar-refractivity contribution is -0.144. The quantitative estimate of drug-likeness (QED) is 0.891. The third-order valence-electron chi connectivity index (χ3n) is 4.05. The average molecular weight is 333 g/mol. The minimum Gasteiger partial charge on any atom is -0.348 e. The Labute approximate surface area is 139 Å². The SMILES string of the molecule is CON1CCC(NC(=O)c2cn(Cc3cccc(F)c3)nn2)CC1. The van der Waals surface area contributed by atoms with Crippen LogP contribution in [-0.4, -0.2) is 52.2 Å². The number of hydroxylamine groups is 2. The molecule has 0 saturated carbocycles. The summed E-state index contributed by atoms with van der Waals surface area (Å²) in [7, 11) is 1.65. The minimum absolute atomic E-state index is 0.109. The highest BCUT2D eigenvalue weighted by molar-refractivity contribution is 5.92. The Bertz CT molecular complexity index is 697. The van der Waals surface area contributed by atoms with Gasteiger partial charge in [-0.1, -0.05) is 17.3 Å². The first-order valence-corrected chi connectivity index (χ1v) is 7.88. The highest BCUT2D eigenvalue weighted by atomic mass is 19.1. The third kappa shape index (κ3) is 4.15. The van der Waals surface area contributed by atoms with Gasteiger partial charge in [0.25, 0.3) is 5.91 Å². The summed E-state index contributed by atoms with van der Waals surface area (Å²) in [4.78, 5) is 17.4. The highest BCUT2D eigenvalue weighted by Gasteiger charge is 2.22. The summed E-state index contributed by atoms with van der Waals surface area (Å²) in [6, 6.07) is 6.37. The molecular formula is C16H20FN5O2. The second-order valence-electron chi connectivity index (χ2n) is 5.79.